The maximum absolute atomic E-state index is 13.6. The van der Waals surface area contributed by atoms with E-state index < -0.39 is 11.7 Å². The van der Waals surface area contributed by atoms with E-state index in [9.17, 15) is 13.2 Å². The Hall–Kier alpha value is -6.75. The number of rotatable bonds is 4. The van der Waals surface area contributed by atoms with Gasteiger partial charge in [-0.05, 0) is 112 Å². The molecule has 0 atom stereocenters. The average Bonchev–Trinajstić information content (AvgIpc) is 3.63. The molecule has 0 aliphatic rings. The molecule has 0 fully saturated rings. The second kappa shape index (κ2) is 12.9. The van der Waals surface area contributed by atoms with E-state index >= 15 is 0 Å². The number of hydrogen-bond donors (Lipinski definition) is 0. The molecule has 0 spiro atoms. The zero-order valence-corrected chi connectivity index (χ0v) is 31.3. The molecule has 11 rings (SSSR count). The molecule has 57 heavy (non-hydrogen) atoms. The van der Waals surface area contributed by atoms with Crippen molar-refractivity contribution in [2.75, 3.05) is 0 Å². The van der Waals surface area contributed by atoms with E-state index in [1.54, 1.807) is 12.1 Å². The first-order chi connectivity index (χ1) is 27.9. The number of benzene rings is 10. The van der Waals surface area contributed by atoms with Crippen LogP contribution < -0.4 is 0 Å². The van der Waals surface area contributed by atoms with E-state index in [-0.39, 0.29) is 0 Å². The molecule has 0 nitrogen and oxygen atoms in total. The van der Waals surface area contributed by atoms with Crippen molar-refractivity contribution in [2.24, 2.45) is 0 Å². The lowest BCUT2D eigenvalue weighted by Crippen LogP contribution is -2.04. The van der Waals surface area contributed by atoms with Crippen molar-refractivity contribution in [1.29, 1.82) is 0 Å². The highest BCUT2D eigenvalue weighted by atomic mass is 32.1. The van der Waals surface area contributed by atoms with Crippen molar-refractivity contribution in [3.8, 4) is 44.5 Å². The molecular weight excluding hydrogens is 726 g/mol. The molecule has 0 amide bonds. The molecule has 0 unspecified atom stereocenters. The SMILES string of the molecule is FC(F)(F)c1ccc(-c2c3ccccc3c(-c3ccc4c(c3)sc3cccc(-c5c6ccccc6c(-c6ccccc6)c6ccccc56)c34)c3ccccc23)cc1. The van der Waals surface area contributed by atoms with Crippen LogP contribution in [0.25, 0.3) is 108 Å². The van der Waals surface area contributed by atoms with Gasteiger partial charge in [-0.2, -0.15) is 13.2 Å². The minimum Gasteiger partial charge on any atom is -0.166 e. The first-order valence-corrected chi connectivity index (χ1v) is 19.8. The Morgan fingerprint density at radius 2 is 0.737 bits per heavy atom. The third kappa shape index (κ3) is 5.28. The molecule has 0 aliphatic heterocycles. The van der Waals surface area contributed by atoms with Crippen LogP contribution in [0.5, 0.6) is 0 Å². The summed E-state index contributed by atoms with van der Waals surface area (Å²) in [7, 11) is 0. The molecule has 0 bridgehead atoms. The fraction of sp³-hybridized carbons (Fsp3) is 0.0189. The molecule has 1 heterocycles. The van der Waals surface area contributed by atoms with Gasteiger partial charge in [0.25, 0.3) is 0 Å². The second-order valence-corrected chi connectivity index (χ2v) is 15.7. The molecule has 10 aromatic carbocycles. The lowest BCUT2D eigenvalue weighted by atomic mass is 9.84. The molecule has 0 radical (unpaired) electrons. The third-order valence-corrected chi connectivity index (χ3v) is 12.6. The predicted molar refractivity (Wildman–Crippen MR) is 236 cm³/mol. The minimum atomic E-state index is -4.40. The topological polar surface area (TPSA) is 0 Å². The van der Waals surface area contributed by atoms with Crippen molar-refractivity contribution in [3.63, 3.8) is 0 Å². The Labute approximate surface area is 330 Å². The predicted octanol–water partition coefficient (Wildman–Crippen LogP) is 16.4. The van der Waals surface area contributed by atoms with Crippen molar-refractivity contribution < 1.29 is 13.2 Å². The highest BCUT2D eigenvalue weighted by Gasteiger charge is 2.30. The standard InChI is InChI=1S/C53H31F3S/c54-53(55,56)35-28-25-33(26-29-35)49-36-15-4-6-17-38(36)50(39-18-7-5-16-37(39)49)34-27-30-44-47(31-34)57-46-24-12-23-45(52(44)46)51-42-21-10-8-19-40(42)48(32-13-2-1-3-14-32)41-20-9-11-22-43(41)51/h1-31H. The van der Waals surface area contributed by atoms with Gasteiger partial charge in [-0.15, -0.1) is 11.3 Å². The lowest BCUT2D eigenvalue weighted by Gasteiger charge is -2.18. The Balaban J connectivity index is 1.14. The molecule has 0 aliphatic carbocycles. The highest BCUT2D eigenvalue weighted by molar-refractivity contribution is 7.26. The summed E-state index contributed by atoms with van der Waals surface area (Å²) < 4.78 is 43.1. The maximum atomic E-state index is 13.6. The maximum Gasteiger partial charge on any atom is 0.416 e. The van der Waals surface area contributed by atoms with Crippen LogP contribution in [0.1, 0.15) is 5.56 Å². The van der Waals surface area contributed by atoms with Crippen LogP contribution in [0.2, 0.25) is 0 Å². The van der Waals surface area contributed by atoms with Crippen LogP contribution in [-0.2, 0) is 6.18 Å². The van der Waals surface area contributed by atoms with Crippen molar-refractivity contribution in [1.82, 2.24) is 0 Å². The smallest absolute Gasteiger partial charge is 0.166 e. The zero-order chi connectivity index (χ0) is 38.3. The summed E-state index contributed by atoms with van der Waals surface area (Å²) in [6.45, 7) is 0. The normalized spacial score (nSPS) is 12.1. The molecule has 0 saturated heterocycles. The van der Waals surface area contributed by atoms with Gasteiger partial charge < -0.3 is 0 Å². The van der Waals surface area contributed by atoms with Crippen molar-refractivity contribution in [3.05, 3.63) is 194 Å². The van der Waals surface area contributed by atoms with E-state index in [1.165, 1.54) is 76.1 Å². The minimum absolute atomic E-state index is 0.651. The molecule has 270 valence electrons. The highest BCUT2D eigenvalue weighted by Crippen LogP contribution is 2.50. The summed E-state index contributed by atoms with van der Waals surface area (Å²) in [6.07, 6.45) is -4.40. The van der Waals surface area contributed by atoms with Gasteiger partial charge in [-0.3, -0.25) is 0 Å². The van der Waals surface area contributed by atoms with Gasteiger partial charge in [0.1, 0.15) is 0 Å². The van der Waals surface area contributed by atoms with Gasteiger partial charge >= 0.3 is 6.18 Å². The molecule has 4 heteroatoms. The quantitative estimate of drug-likeness (QED) is 0.157. The first kappa shape index (κ1) is 33.6. The second-order valence-electron chi connectivity index (χ2n) is 14.6. The zero-order valence-electron chi connectivity index (χ0n) is 30.4. The number of thiophene rings is 1. The van der Waals surface area contributed by atoms with E-state index in [0.29, 0.717) is 0 Å². The largest absolute Gasteiger partial charge is 0.416 e. The third-order valence-electron chi connectivity index (χ3n) is 11.5. The summed E-state index contributed by atoms with van der Waals surface area (Å²) in [4.78, 5) is 0. The molecule has 0 N–H and O–H groups in total. The Morgan fingerprint density at radius 3 is 1.23 bits per heavy atom. The van der Waals surface area contributed by atoms with Crippen LogP contribution in [0.4, 0.5) is 13.2 Å². The Bertz CT molecular complexity index is 3260. The fourth-order valence-corrected chi connectivity index (χ4v) is 10.3. The van der Waals surface area contributed by atoms with E-state index in [4.69, 9.17) is 0 Å². The van der Waals surface area contributed by atoms with Crippen LogP contribution in [-0.4, -0.2) is 0 Å². The molecule has 1 aromatic heterocycles. The van der Waals surface area contributed by atoms with Crippen LogP contribution in [0, 0.1) is 0 Å². The number of hydrogen-bond acceptors (Lipinski definition) is 1. The fourth-order valence-electron chi connectivity index (χ4n) is 9.10. The van der Waals surface area contributed by atoms with Gasteiger partial charge in [0, 0.05) is 20.2 Å². The number of fused-ring (bicyclic) bond motifs is 7. The van der Waals surface area contributed by atoms with Gasteiger partial charge in [0.2, 0.25) is 0 Å². The van der Waals surface area contributed by atoms with Gasteiger partial charge in [-0.25, -0.2) is 0 Å². The Kier molecular flexibility index (Phi) is 7.60. The van der Waals surface area contributed by atoms with E-state index in [1.807, 2.05) is 35.6 Å². The molecule has 0 saturated carbocycles. The van der Waals surface area contributed by atoms with Gasteiger partial charge in [0.15, 0.2) is 0 Å². The van der Waals surface area contributed by atoms with E-state index in [2.05, 4.69) is 140 Å². The molecule has 11 aromatic rings. The summed E-state index contributed by atoms with van der Waals surface area (Å²) in [5.74, 6) is 0. The summed E-state index contributed by atoms with van der Waals surface area (Å²) in [5, 5.41) is 11.5. The summed E-state index contributed by atoms with van der Waals surface area (Å²) >= 11 is 1.81. The van der Waals surface area contributed by atoms with Crippen molar-refractivity contribution in [2.45, 2.75) is 6.18 Å². The van der Waals surface area contributed by atoms with E-state index in [0.717, 1.165) is 43.8 Å². The number of alkyl halides is 3. The first-order valence-electron chi connectivity index (χ1n) is 19.0. The number of halogens is 3. The van der Waals surface area contributed by atoms with Crippen molar-refractivity contribution >= 4 is 74.6 Å². The van der Waals surface area contributed by atoms with Gasteiger partial charge in [0.05, 0.1) is 5.56 Å². The van der Waals surface area contributed by atoms with Crippen LogP contribution in [0.3, 0.4) is 0 Å². The lowest BCUT2D eigenvalue weighted by molar-refractivity contribution is -0.137. The average molecular weight is 757 g/mol. The van der Waals surface area contributed by atoms with Crippen LogP contribution >= 0.6 is 11.3 Å². The van der Waals surface area contributed by atoms with Gasteiger partial charge in [-0.1, -0.05) is 164 Å². The van der Waals surface area contributed by atoms with Crippen LogP contribution in [0.15, 0.2) is 188 Å². The summed E-state index contributed by atoms with van der Waals surface area (Å²) in [5.41, 5.74) is 8.17. The summed E-state index contributed by atoms with van der Waals surface area (Å²) in [6, 6.07) is 63.9. The Morgan fingerprint density at radius 1 is 0.316 bits per heavy atom. The monoisotopic (exact) mass is 756 g/mol. The molecular formula is C53H31F3S.